The fourth-order valence-corrected chi connectivity index (χ4v) is 3.84. The maximum absolute atomic E-state index is 10.2. The molecule has 128 valence electrons. The number of allylic oxidation sites excluding steroid dienone is 2. The monoisotopic (exact) mass is 310 g/mol. The van der Waals surface area contributed by atoms with Crippen molar-refractivity contribution in [2.75, 3.05) is 14.2 Å². The summed E-state index contributed by atoms with van der Waals surface area (Å²) < 4.78 is 10.9. The normalized spacial score (nSPS) is 27.1. The first-order valence-corrected chi connectivity index (χ1v) is 8.45. The van der Waals surface area contributed by atoms with Gasteiger partial charge in [0, 0.05) is 20.6 Å². The lowest BCUT2D eigenvalue weighted by Gasteiger charge is -2.41. The first-order chi connectivity index (χ1) is 10.4. The number of aliphatic hydroxyl groups is 1. The lowest BCUT2D eigenvalue weighted by atomic mass is 9.65. The largest absolute Gasteiger partial charge is 0.393 e. The van der Waals surface area contributed by atoms with Crippen LogP contribution in [0.5, 0.6) is 0 Å². The van der Waals surface area contributed by atoms with Crippen LogP contribution in [0.4, 0.5) is 0 Å². The molecular formula is C19H34O3. The van der Waals surface area contributed by atoms with Crippen LogP contribution < -0.4 is 0 Å². The molecule has 0 amide bonds. The van der Waals surface area contributed by atoms with Crippen molar-refractivity contribution in [1.82, 2.24) is 0 Å². The quantitative estimate of drug-likeness (QED) is 0.513. The fraction of sp³-hybridized carbons (Fsp3) is 0.789. The second kappa shape index (κ2) is 9.49. The molecule has 0 aromatic heterocycles. The standard InChI is InChI=1S/C19H34O3/c1-7-8-15(20)11-17-14(4)9-10-16(13(2)3)18(17)12-19(21-5)22-6/h7,9,13,15-20H,1,8,10-12H2,2-6H3/t15-,16-,17+,18-/m1/s1. The molecule has 0 saturated heterocycles. The van der Waals surface area contributed by atoms with Crippen LogP contribution in [0.25, 0.3) is 0 Å². The summed E-state index contributed by atoms with van der Waals surface area (Å²) in [5.41, 5.74) is 1.40. The van der Waals surface area contributed by atoms with Gasteiger partial charge >= 0.3 is 0 Å². The summed E-state index contributed by atoms with van der Waals surface area (Å²) in [5.74, 6) is 2.10. The average molecular weight is 310 g/mol. The minimum atomic E-state index is -0.317. The highest BCUT2D eigenvalue weighted by atomic mass is 16.7. The Morgan fingerprint density at radius 3 is 2.45 bits per heavy atom. The second-order valence-electron chi connectivity index (χ2n) is 6.91. The average Bonchev–Trinajstić information content (AvgIpc) is 2.47. The zero-order chi connectivity index (χ0) is 16.7. The highest BCUT2D eigenvalue weighted by Crippen LogP contribution is 2.43. The molecule has 3 nitrogen and oxygen atoms in total. The van der Waals surface area contributed by atoms with E-state index >= 15 is 0 Å². The van der Waals surface area contributed by atoms with E-state index in [2.05, 4.69) is 33.4 Å². The molecule has 1 rings (SSSR count). The van der Waals surface area contributed by atoms with Gasteiger partial charge in [-0.2, -0.15) is 0 Å². The molecule has 1 aliphatic carbocycles. The Kier molecular flexibility index (Phi) is 8.37. The molecule has 4 atom stereocenters. The van der Waals surface area contributed by atoms with Crippen LogP contribution in [0.2, 0.25) is 0 Å². The molecule has 0 bridgehead atoms. The van der Waals surface area contributed by atoms with Gasteiger partial charge in [0.15, 0.2) is 6.29 Å². The predicted octanol–water partition coefficient (Wildman–Crippen LogP) is 4.18. The van der Waals surface area contributed by atoms with Gasteiger partial charge in [0.2, 0.25) is 0 Å². The topological polar surface area (TPSA) is 38.7 Å². The molecule has 0 unspecified atom stereocenters. The smallest absolute Gasteiger partial charge is 0.157 e. The molecule has 0 spiro atoms. The Balaban J connectivity index is 2.95. The lowest BCUT2D eigenvalue weighted by Crippen LogP contribution is -2.36. The summed E-state index contributed by atoms with van der Waals surface area (Å²) in [7, 11) is 3.40. The first kappa shape index (κ1) is 19.4. The van der Waals surface area contributed by atoms with Crippen LogP contribution >= 0.6 is 0 Å². The van der Waals surface area contributed by atoms with Crippen molar-refractivity contribution in [3.8, 4) is 0 Å². The van der Waals surface area contributed by atoms with Crippen molar-refractivity contribution in [2.24, 2.45) is 23.7 Å². The van der Waals surface area contributed by atoms with E-state index in [0.717, 1.165) is 19.3 Å². The highest BCUT2D eigenvalue weighted by molar-refractivity contribution is 5.12. The van der Waals surface area contributed by atoms with Crippen LogP contribution in [-0.4, -0.2) is 31.7 Å². The summed E-state index contributed by atoms with van der Waals surface area (Å²) in [4.78, 5) is 0. The van der Waals surface area contributed by atoms with Gasteiger partial charge in [-0.25, -0.2) is 0 Å². The number of aliphatic hydroxyl groups excluding tert-OH is 1. The van der Waals surface area contributed by atoms with Crippen molar-refractivity contribution in [3.05, 3.63) is 24.3 Å². The van der Waals surface area contributed by atoms with E-state index in [4.69, 9.17) is 9.47 Å². The maximum Gasteiger partial charge on any atom is 0.157 e. The molecule has 0 aliphatic heterocycles. The molecule has 1 N–H and O–H groups in total. The molecular weight excluding hydrogens is 276 g/mol. The molecule has 22 heavy (non-hydrogen) atoms. The molecule has 0 aromatic carbocycles. The van der Waals surface area contributed by atoms with E-state index in [-0.39, 0.29) is 12.4 Å². The van der Waals surface area contributed by atoms with Gasteiger partial charge in [0.25, 0.3) is 0 Å². The Bertz CT molecular complexity index is 358. The van der Waals surface area contributed by atoms with E-state index in [0.29, 0.717) is 30.1 Å². The van der Waals surface area contributed by atoms with Gasteiger partial charge in [0.1, 0.15) is 0 Å². The minimum absolute atomic E-state index is 0.170. The van der Waals surface area contributed by atoms with Crippen LogP contribution in [0.1, 0.15) is 46.5 Å². The third-order valence-corrected chi connectivity index (χ3v) is 5.18. The van der Waals surface area contributed by atoms with Gasteiger partial charge in [-0.1, -0.05) is 31.6 Å². The summed E-state index contributed by atoms with van der Waals surface area (Å²) in [5, 5.41) is 10.2. The van der Waals surface area contributed by atoms with E-state index in [1.54, 1.807) is 20.3 Å². The van der Waals surface area contributed by atoms with Crippen LogP contribution in [0.15, 0.2) is 24.3 Å². The van der Waals surface area contributed by atoms with E-state index in [1.807, 2.05) is 0 Å². The number of hydrogen-bond donors (Lipinski definition) is 1. The Morgan fingerprint density at radius 2 is 1.95 bits per heavy atom. The summed E-state index contributed by atoms with van der Waals surface area (Å²) >= 11 is 0. The van der Waals surface area contributed by atoms with Crippen LogP contribution in [-0.2, 0) is 9.47 Å². The van der Waals surface area contributed by atoms with Crippen molar-refractivity contribution in [1.29, 1.82) is 0 Å². The number of methoxy groups -OCH3 is 2. The number of hydrogen-bond acceptors (Lipinski definition) is 3. The van der Waals surface area contributed by atoms with Gasteiger partial charge in [-0.15, -0.1) is 6.58 Å². The van der Waals surface area contributed by atoms with E-state index < -0.39 is 0 Å². The van der Waals surface area contributed by atoms with Crippen LogP contribution in [0.3, 0.4) is 0 Å². The van der Waals surface area contributed by atoms with Gasteiger partial charge in [-0.3, -0.25) is 0 Å². The zero-order valence-electron chi connectivity index (χ0n) is 14.9. The first-order valence-electron chi connectivity index (χ1n) is 8.45. The molecule has 0 fully saturated rings. The zero-order valence-corrected chi connectivity index (χ0v) is 14.9. The lowest BCUT2D eigenvalue weighted by molar-refractivity contribution is -0.123. The second-order valence-corrected chi connectivity index (χ2v) is 6.91. The molecule has 0 aromatic rings. The van der Waals surface area contributed by atoms with Crippen LogP contribution in [0, 0.1) is 23.7 Å². The molecule has 0 saturated carbocycles. The molecule has 0 heterocycles. The van der Waals surface area contributed by atoms with Crippen molar-refractivity contribution in [2.45, 2.75) is 58.8 Å². The van der Waals surface area contributed by atoms with Gasteiger partial charge < -0.3 is 14.6 Å². The van der Waals surface area contributed by atoms with Gasteiger partial charge in [0.05, 0.1) is 6.10 Å². The molecule has 1 aliphatic rings. The SMILES string of the molecule is C=CC[C@@H](O)C[C@H]1C(C)=CC[C@H](C(C)C)[C@H]1CC(OC)OC. The number of ether oxygens (including phenoxy) is 2. The Hall–Kier alpha value is -0.640. The molecule has 0 radical (unpaired) electrons. The fourth-order valence-electron chi connectivity index (χ4n) is 3.84. The molecule has 3 heteroatoms. The Labute approximate surface area is 136 Å². The van der Waals surface area contributed by atoms with Gasteiger partial charge in [-0.05, 0) is 49.9 Å². The van der Waals surface area contributed by atoms with E-state index in [9.17, 15) is 5.11 Å². The summed E-state index contributed by atoms with van der Waals surface area (Å²) in [6.45, 7) is 10.5. The van der Waals surface area contributed by atoms with Crippen molar-refractivity contribution >= 4 is 0 Å². The maximum atomic E-state index is 10.2. The minimum Gasteiger partial charge on any atom is -0.393 e. The third-order valence-electron chi connectivity index (χ3n) is 5.18. The Morgan fingerprint density at radius 1 is 1.32 bits per heavy atom. The van der Waals surface area contributed by atoms with Crippen molar-refractivity contribution < 1.29 is 14.6 Å². The number of rotatable bonds is 9. The highest BCUT2D eigenvalue weighted by Gasteiger charge is 2.37. The third kappa shape index (κ3) is 5.22. The predicted molar refractivity (Wildman–Crippen MR) is 91.5 cm³/mol. The summed E-state index contributed by atoms with van der Waals surface area (Å²) in [6, 6.07) is 0. The summed E-state index contributed by atoms with van der Waals surface area (Å²) in [6.07, 6.45) is 7.12. The van der Waals surface area contributed by atoms with E-state index in [1.165, 1.54) is 5.57 Å². The van der Waals surface area contributed by atoms with Crippen molar-refractivity contribution in [3.63, 3.8) is 0 Å².